The summed E-state index contributed by atoms with van der Waals surface area (Å²) in [6, 6.07) is 18.6. The number of nitrogens with two attached hydrogens (primary N) is 1. The summed E-state index contributed by atoms with van der Waals surface area (Å²) < 4.78 is 2.61. The maximum absolute atomic E-state index is 5.67. The summed E-state index contributed by atoms with van der Waals surface area (Å²) in [7, 11) is 0. The van der Waals surface area contributed by atoms with Gasteiger partial charge in [-0.15, -0.1) is 0 Å². The molecule has 0 amide bonds. The van der Waals surface area contributed by atoms with Crippen LogP contribution in [0.1, 0.15) is 73.6 Å². The SMILES string of the molecule is Cc1ccccc1C(CCNCCCN)c1cn(C2CCCCC2)c2ccccc12. The average Bonchev–Trinajstić information content (AvgIpc) is 3.17. The standard InChI is InChI=1S/C27H37N3/c1-21-10-5-6-13-23(21)24(16-19-29-18-9-17-28)26-20-30(22-11-3-2-4-12-22)27-15-8-7-14-25(26)27/h5-8,10,13-15,20,22,24,29H,2-4,9,11-12,16-19,28H2,1H3. The Morgan fingerprint density at radius 1 is 0.967 bits per heavy atom. The first-order valence-corrected chi connectivity index (χ1v) is 11.9. The second-order valence-electron chi connectivity index (χ2n) is 8.89. The van der Waals surface area contributed by atoms with Crippen molar-refractivity contribution in [3.05, 3.63) is 71.4 Å². The summed E-state index contributed by atoms with van der Waals surface area (Å²) in [5.41, 5.74) is 11.4. The Morgan fingerprint density at radius 3 is 2.53 bits per heavy atom. The minimum absolute atomic E-state index is 0.409. The number of hydrogen-bond acceptors (Lipinski definition) is 2. The third kappa shape index (κ3) is 4.63. The van der Waals surface area contributed by atoms with Gasteiger partial charge in [-0.3, -0.25) is 0 Å². The predicted octanol–water partition coefficient (Wildman–Crippen LogP) is 5.92. The number of nitrogens with zero attached hydrogens (tertiary/aromatic N) is 1. The fraction of sp³-hybridized carbons (Fsp3) is 0.481. The Labute approximate surface area is 181 Å². The molecule has 0 aliphatic heterocycles. The Morgan fingerprint density at radius 2 is 1.73 bits per heavy atom. The van der Waals surface area contributed by atoms with Gasteiger partial charge in [0.2, 0.25) is 0 Å². The van der Waals surface area contributed by atoms with Crippen LogP contribution < -0.4 is 11.1 Å². The van der Waals surface area contributed by atoms with E-state index < -0.39 is 0 Å². The fourth-order valence-electron chi connectivity index (χ4n) is 5.23. The van der Waals surface area contributed by atoms with E-state index in [-0.39, 0.29) is 0 Å². The number of benzene rings is 2. The molecular weight excluding hydrogens is 366 g/mol. The second-order valence-corrected chi connectivity index (χ2v) is 8.89. The molecule has 0 saturated heterocycles. The van der Waals surface area contributed by atoms with E-state index in [0.29, 0.717) is 12.0 Å². The van der Waals surface area contributed by atoms with Crippen molar-refractivity contribution in [1.82, 2.24) is 9.88 Å². The average molecular weight is 404 g/mol. The van der Waals surface area contributed by atoms with Crippen LogP contribution in [0.4, 0.5) is 0 Å². The number of hydrogen-bond donors (Lipinski definition) is 2. The smallest absolute Gasteiger partial charge is 0.0485 e. The van der Waals surface area contributed by atoms with Gasteiger partial charge in [0.1, 0.15) is 0 Å². The van der Waals surface area contributed by atoms with Crippen LogP contribution in [0.2, 0.25) is 0 Å². The number of fused-ring (bicyclic) bond motifs is 1. The molecule has 2 aromatic carbocycles. The lowest BCUT2D eigenvalue weighted by atomic mass is 9.86. The van der Waals surface area contributed by atoms with E-state index in [2.05, 4.69) is 71.5 Å². The number of aromatic nitrogens is 1. The molecule has 4 rings (SSSR count). The summed E-state index contributed by atoms with van der Waals surface area (Å²) in [6.45, 7) is 5.02. The van der Waals surface area contributed by atoms with Gasteiger partial charge in [-0.2, -0.15) is 0 Å². The molecule has 1 unspecified atom stereocenters. The van der Waals surface area contributed by atoms with Crippen LogP contribution in [0.3, 0.4) is 0 Å². The maximum atomic E-state index is 5.67. The highest BCUT2D eigenvalue weighted by molar-refractivity contribution is 5.85. The lowest BCUT2D eigenvalue weighted by Crippen LogP contribution is -2.21. The highest BCUT2D eigenvalue weighted by Gasteiger charge is 2.24. The summed E-state index contributed by atoms with van der Waals surface area (Å²) in [5.74, 6) is 0.409. The highest BCUT2D eigenvalue weighted by atomic mass is 15.0. The Kier molecular flexibility index (Phi) is 7.24. The largest absolute Gasteiger partial charge is 0.344 e. The minimum atomic E-state index is 0.409. The topological polar surface area (TPSA) is 43.0 Å². The molecule has 0 bridgehead atoms. The summed E-state index contributed by atoms with van der Waals surface area (Å²) in [5, 5.41) is 5.04. The van der Waals surface area contributed by atoms with E-state index in [4.69, 9.17) is 5.73 Å². The molecule has 1 aromatic heterocycles. The van der Waals surface area contributed by atoms with Crippen molar-refractivity contribution in [3.8, 4) is 0 Å². The zero-order chi connectivity index (χ0) is 20.8. The van der Waals surface area contributed by atoms with Crippen LogP contribution >= 0.6 is 0 Å². The molecule has 0 radical (unpaired) electrons. The van der Waals surface area contributed by atoms with Gasteiger partial charge in [0.25, 0.3) is 0 Å². The number of para-hydroxylation sites is 1. The van der Waals surface area contributed by atoms with Crippen molar-refractivity contribution in [3.63, 3.8) is 0 Å². The molecule has 1 aliphatic rings. The maximum Gasteiger partial charge on any atom is 0.0485 e. The van der Waals surface area contributed by atoms with Crippen LogP contribution in [0, 0.1) is 6.92 Å². The van der Waals surface area contributed by atoms with Crippen molar-refractivity contribution >= 4 is 10.9 Å². The fourth-order valence-corrected chi connectivity index (χ4v) is 5.23. The molecule has 3 N–H and O–H groups in total. The summed E-state index contributed by atoms with van der Waals surface area (Å²) >= 11 is 0. The molecule has 0 spiro atoms. The summed E-state index contributed by atoms with van der Waals surface area (Å²) in [4.78, 5) is 0. The first-order valence-electron chi connectivity index (χ1n) is 11.9. The third-order valence-electron chi connectivity index (χ3n) is 6.85. The number of rotatable bonds is 9. The molecule has 1 saturated carbocycles. The van der Waals surface area contributed by atoms with Gasteiger partial charge in [-0.25, -0.2) is 0 Å². The van der Waals surface area contributed by atoms with Gasteiger partial charge >= 0.3 is 0 Å². The Bertz CT molecular complexity index is 936. The molecule has 1 heterocycles. The van der Waals surface area contributed by atoms with Crippen LogP contribution in [0.5, 0.6) is 0 Å². The van der Waals surface area contributed by atoms with E-state index in [9.17, 15) is 0 Å². The molecule has 30 heavy (non-hydrogen) atoms. The first-order chi connectivity index (χ1) is 14.8. The van der Waals surface area contributed by atoms with Crippen LogP contribution in [0.15, 0.2) is 54.7 Å². The van der Waals surface area contributed by atoms with E-state index in [1.54, 1.807) is 0 Å². The van der Waals surface area contributed by atoms with Gasteiger partial charge in [-0.1, -0.05) is 61.7 Å². The van der Waals surface area contributed by atoms with Gasteiger partial charge in [0.15, 0.2) is 0 Å². The monoisotopic (exact) mass is 403 g/mol. The predicted molar refractivity (Wildman–Crippen MR) is 128 cm³/mol. The zero-order valence-corrected chi connectivity index (χ0v) is 18.4. The van der Waals surface area contributed by atoms with E-state index in [0.717, 1.165) is 32.5 Å². The normalized spacial score (nSPS) is 16.2. The zero-order valence-electron chi connectivity index (χ0n) is 18.4. The van der Waals surface area contributed by atoms with Crippen LogP contribution in [0.25, 0.3) is 10.9 Å². The van der Waals surface area contributed by atoms with Crippen LogP contribution in [-0.4, -0.2) is 24.2 Å². The Balaban J connectivity index is 1.71. The molecule has 3 nitrogen and oxygen atoms in total. The van der Waals surface area contributed by atoms with Crippen molar-refractivity contribution in [1.29, 1.82) is 0 Å². The van der Waals surface area contributed by atoms with Gasteiger partial charge in [0, 0.05) is 29.1 Å². The third-order valence-corrected chi connectivity index (χ3v) is 6.85. The van der Waals surface area contributed by atoms with Crippen molar-refractivity contribution in [2.45, 2.75) is 63.8 Å². The molecule has 1 atom stereocenters. The summed E-state index contributed by atoms with van der Waals surface area (Å²) in [6.07, 6.45) is 11.4. The molecule has 3 heteroatoms. The lowest BCUT2D eigenvalue weighted by Gasteiger charge is -2.24. The number of aryl methyl sites for hydroxylation is 1. The highest BCUT2D eigenvalue weighted by Crippen LogP contribution is 2.39. The van der Waals surface area contributed by atoms with E-state index >= 15 is 0 Å². The molecule has 1 fully saturated rings. The van der Waals surface area contributed by atoms with Crippen molar-refractivity contribution in [2.24, 2.45) is 5.73 Å². The van der Waals surface area contributed by atoms with Crippen molar-refractivity contribution < 1.29 is 0 Å². The van der Waals surface area contributed by atoms with Gasteiger partial charge < -0.3 is 15.6 Å². The molecule has 3 aromatic rings. The molecule has 1 aliphatic carbocycles. The second kappa shape index (κ2) is 10.3. The van der Waals surface area contributed by atoms with Gasteiger partial charge in [-0.05, 0) is 75.0 Å². The van der Waals surface area contributed by atoms with E-state index in [1.807, 2.05) is 0 Å². The first kappa shape index (κ1) is 21.1. The molecule has 160 valence electrons. The van der Waals surface area contributed by atoms with Crippen molar-refractivity contribution in [2.75, 3.05) is 19.6 Å². The lowest BCUT2D eigenvalue weighted by molar-refractivity contribution is 0.360. The molecular formula is C27H37N3. The quantitative estimate of drug-likeness (QED) is 0.436. The Hall–Kier alpha value is -2.10. The van der Waals surface area contributed by atoms with Gasteiger partial charge in [0.05, 0.1) is 0 Å². The van der Waals surface area contributed by atoms with E-state index in [1.165, 1.54) is 59.7 Å². The van der Waals surface area contributed by atoms with Crippen LogP contribution in [-0.2, 0) is 0 Å². The minimum Gasteiger partial charge on any atom is -0.344 e. The number of nitrogens with one attached hydrogen (secondary N) is 1.